The van der Waals surface area contributed by atoms with Gasteiger partial charge in [0.15, 0.2) is 0 Å². The van der Waals surface area contributed by atoms with Crippen molar-refractivity contribution in [3.63, 3.8) is 0 Å². The zero-order valence-electron chi connectivity index (χ0n) is 27.6. The molecule has 1 aliphatic heterocycles. The van der Waals surface area contributed by atoms with Crippen molar-refractivity contribution in [2.75, 3.05) is 25.6 Å². The molecule has 0 saturated carbocycles. The topological polar surface area (TPSA) is 149 Å². The highest BCUT2D eigenvalue weighted by molar-refractivity contribution is 6.02. The van der Waals surface area contributed by atoms with Crippen molar-refractivity contribution in [3.05, 3.63) is 102 Å². The van der Waals surface area contributed by atoms with Crippen LogP contribution in [0.4, 0.5) is 10.5 Å². The van der Waals surface area contributed by atoms with Gasteiger partial charge in [-0.15, -0.1) is 0 Å². The standard InChI is InChI=1S/C38H44N4O6/c1-38(2,40-22-29(44)23-43)20-34(45)41-33-19-28(35-31-11-7-4-8-25(31)16-17-32(35)42-36(33)46)18-24-12-14-26(15-13-24)30-10-6-5-9-27(30)21-39-37(47)48-3/h4-17,28-29,33,40,43-44H,18-23H2,1-3H3,(H,39,47)(H,41,45)(H,42,46)/t28?,29-,33+/m0/s1. The smallest absolute Gasteiger partial charge is 0.407 e. The van der Waals surface area contributed by atoms with Crippen LogP contribution in [0.1, 0.15) is 49.3 Å². The van der Waals surface area contributed by atoms with E-state index in [0.717, 1.165) is 44.3 Å². The molecule has 10 heteroatoms. The summed E-state index contributed by atoms with van der Waals surface area (Å²) in [5, 5.41) is 33.0. The summed E-state index contributed by atoms with van der Waals surface area (Å²) in [5.74, 6) is -0.648. The number of nitrogens with one attached hydrogen (secondary N) is 4. The van der Waals surface area contributed by atoms with Gasteiger partial charge in [0.1, 0.15) is 6.04 Å². The van der Waals surface area contributed by atoms with Gasteiger partial charge in [-0.3, -0.25) is 9.59 Å². The summed E-state index contributed by atoms with van der Waals surface area (Å²) in [6, 6.07) is 27.5. The lowest BCUT2D eigenvalue weighted by Crippen LogP contribution is -2.50. The van der Waals surface area contributed by atoms with E-state index < -0.39 is 23.8 Å². The van der Waals surface area contributed by atoms with Crippen molar-refractivity contribution in [1.29, 1.82) is 0 Å². The fraction of sp³-hybridized carbons (Fsp3) is 0.342. The van der Waals surface area contributed by atoms with E-state index in [9.17, 15) is 19.5 Å². The molecule has 0 bridgehead atoms. The summed E-state index contributed by atoms with van der Waals surface area (Å²) in [6.07, 6.45) is -0.300. The van der Waals surface area contributed by atoms with Crippen LogP contribution >= 0.6 is 0 Å². The number of alkyl carbamates (subject to hydrolysis) is 1. The molecular formula is C38H44N4O6. The molecule has 252 valence electrons. The Morgan fingerprint density at radius 2 is 1.73 bits per heavy atom. The van der Waals surface area contributed by atoms with Crippen LogP contribution in [0.25, 0.3) is 21.9 Å². The number of fused-ring (bicyclic) bond motifs is 3. The summed E-state index contributed by atoms with van der Waals surface area (Å²) < 4.78 is 4.73. The van der Waals surface area contributed by atoms with Gasteiger partial charge in [0.25, 0.3) is 0 Å². The van der Waals surface area contributed by atoms with Gasteiger partial charge in [0.05, 0.1) is 19.8 Å². The SMILES string of the molecule is COC(=O)NCc1ccccc1-c1ccc(CC2C[C@@H](NC(=O)CC(C)(C)NC[C@H](O)CO)C(=O)Nc3ccc4ccccc4c32)cc1. The normalized spacial score (nSPS) is 16.7. The third-order valence-corrected chi connectivity index (χ3v) is 8.81. The Hall–Kier alpha value is -4.77. The van der Waals surface area contributed by atoms with E-state index in [1.807, 2.05) is 62.4 Å². The molecule has 6 N–H and O–H groups in total. The average Bonchev–Trinajstić information content (AvgIpc) is 3.21. The fourth-order valence-electron chi connectivity index (χ4n) is 6.35. The molecule has 1 aliphatic rings. The number of carbonyl (C=O) groups excluding carboxylic acids is 3. The van der Waals surface area contributed by atoms with Crippen LogP contribution in [0.5, 0.6) is 0 Å². The fourth-order valence-corrected chi connectivity index (χ4v) is 6.35. The second-order valence-electron chi connectivity index (χ2n) is 13.0. The van der Waals surface area contributed by atoms with Crippen LogP contribution in [0.15, 0.2) is 84.9 Å². The Balaban J connectivity index is 1.39. The highest BCUT2D eigenvalue weighted by Crippen LogP contribution is 2.39. The molecule has 4 aromatic carbocycles. The first-order chi connectivity index (χ1) is 23.1. The molecule has 0 spiro atoms. The Labute approximate surface area is 280 Å². The lowest BCUT2D eigenvalue weighted by molar-refractivity contribution is -0.127. The number of aliphatic hydroxyl groups is 2. The molecular weight excluding hydrogens is 608 g/mol. The van der Waals surface area contributed by atoms with Gasteiger partial charge in [-0.1, -0.05) is 78.9 Å². The molecule has 0 saturated heterocycles. The quantitative estimate of drug-likeness (QED) is 0.131. The van der Waals surface area contributed by atoms with Gasteiger partial charge in [-0.2, -0.15) is 0 Å². The number of carbonyl (C=O) groups is 3. The number of amides is 3. The molecule has 0 fully saturated rings. The number of hydrogen-bond acceptors (Lipinski definition) is 7. The third kappa shape index (κ3) is 8.57. The van der Waals surface area contributed by atoms with Crippen LogP contribution in [0, 0.1) is 0 Å². The first-order valence-corrected chi connectivity index (χ1v) is 16.2. The molecule has 0 aliphatic carbocycles. The highest BCUT2D eigenvalue weighted by atomic mass is 16.5. The number of benzene rings is 4. The molecule has 1 unspecified atom stereocenters. The van der Waals surface area contributed by atoms with Crippen molar-refractivity contribution in [3.8, 4) is 11.1 Å². The van der Waals surface area contributed by atoms with Crippen LogP contribution in [-0.2, 0) is 27.3 Å². The molecule has 3 atom stereocenters. The minimum absolute atomic E-state index is 0.0769. The largest absolute Gasteiger partial charge is 0.453 e. The summed E-state index contributed by atoms with van der Waals surface area (Å²) in [6.45, 7) is 3.78. The minimum Gasteiger partial charge on any atom is -0.453 e. The summed E-state index contributed by atoms with van der Waals surface area (Å²) in [4.78, 5) is 38.5. The number of anilines is 1. The Morgan fingerprint density at radius 1 is 1.00 bits per heavy atom. The van der Waals surface area contributed by atoms with Gasteiger partial charge < -0.3 is 36.2 Å². The number of aliphatic hydroxyl groups excluding tert-OH is 2. The van der Waals surface area contributed by atoms with E-state index in [-0.39, 0.29) is 37.3 Å². The maximum Gasteiger partial charge on any atom is 0.407 e. The van der Waals surface area contributed by atoms with Gasteiger partial charge in [-0.25, -0.2) is 4.79 Å². The predicted molar refractivity (Wildman–Crippen MR) is 186 cm³/mol. The van der Waals surface area contributed by atoms with E-state index in [1.54, 1.807) is 0 Å². The Kier molecular flexibility index (Phi) is 11.1. The van der Waals surface area contributed by atoms with Crippen molar-refractivity contribution in [2.24, 2.45) is 0 Å². The lowest BCUT2D eigenvalue weighted by atomic mass is 9.83. The van der Waals surface area contributed by atoms with Crippen molar-refractivity contribution in [2.45, 2.75) is 63.3 Å². The zero-order valence-corrected chi connectivity index (χ0v) is 27.6. The minimum atomic E-state index is -0.929. The second-order valence-corrected chi connectivity index (χ2v) is 13.0. The van der Waals surface area contributed by atoms with E-state index in [1.165, 1.54) is 7.11 Å². The van der Waals surface area contributed by atoms with E-state index >= 15 is 0 Å². The molecule has 4 aromatic rings. The number of methoxy groups -OCH3 is 1. The predicted octanol–water partition coefficient (Wildman–Crippen LogP) is 4.63. The molecule has 5 rings (SSSR count). The number of hydrogen-bond donors (Lipinski definition) is 6. The van der Waals surface area contributed by atoms with E-state index in [2.05, 4.69) is 57.7 Å². The maximum absolute atomic E-state index is 13.6. The number of ether oxygens (including phenoxy) is 1. The van der Waals surface area contributed by atoms with Gasteiger partial charge in [0, 0.05) is 30.7 Å². The number of rotatable bonds is 12. The maximum atomic E-state index is 13.6. The molecule has 10 nitrogen and oxygen atoms in total. The first kappa shape index (κ1) is 34.6. The van der Waals surface area contributed by atoms with Crippen LogP contribution in [-0.4, -0.2) is 66.1 Å². The molecule has 0 aromatic heterocycles. The van der Waals surface area contributed by atoms with Crippen molar-refractivity contribution >= 4 is 34.4 Å². The first-order valence-electron chi connectivity index (χ1n) is 16.2. The van der Waals surface area contributed by atoms with E-state index in [4.69, 9.17) is 9.84 Å². The van der Waals surface area contributed by atoms with Crippen LogP contribution < -0.4 is 21.3 Å². The van der Waals surface area contributed by atoms with Crippen molar-refractivity contribution < 1.29 is 29.3 Å². The zero-order chi connectivity index (χ0) is 34.3. The van der Waals surface area contributed by atoms with Crippen LogP contribution in [0.2, 0.25) is 0 Å². The summed E-state index contributed by atoms with van der Waals surface area (Å²) >= 11 is 0. The monoisotopic (exact) mass is 652 g/mol. The van der Waals surface area contributed by atoms with Gasteiger partial charge in [0.2, 0.25) is 11.8 Å². The summed E-state index contributed by atoms with van der Waals surface area (Å²) in [5.41, 5.74) is 5.18. The van der Waals surface area contributed by atoms with Crippen molar-refractivity contribution in [1.82, 2.24) is 16.0 Å². The summed E-state index contributed by atoms with van der Waals surface area (Å²) in [7, 11) is 1.34. The van der Waals surface area contributed by atoms with Gasteiger partial charge in [-0.05, 0) is 77.3 Å². The lowest BCUT2D eigenvalue weighted by Gasteiger charge is -2.28. The Morgan fingerprint density at radius 3 is 2.48 bits per heavy atom. The Bertz CT molecular complexity index is 1760. The molecule has 1 heterocycles. The average molecular weight is 653 g/mol. The van der Waals surface area contributed by atoms with Gasteiger partial charge >= 0.3 is 6.09 Å². The number of β-amino-alcohol motifs (C(OH)–C–C–N with tert-alkyl or cyclic N) is 1. The molecule has 3 amide bonds. The molecule has 48 heavy (non-hydrogen) atoms. The highest BCUT2D eigenvalue weighted by Gasteiger charge is 2.33. The molecule has 0 radical (unpaired) electrons. The second kappa shape index (κ2) is 15.4. The third-order valence-electron chi connectivity index (χ3n) is 8.81. The van der Waals surface area contributed by atoms with Crippen LogP contribution in [0.3, 0.4) is 0 Å². The van der Waals surface area contributed by atoms with E-state index in [0.29, 0.717) is 19.4 Å².